The summed E-state index contributed by atoms with van der Waals surface area (Å²) < 4.78 is 27.1. The van der Waals surface area contributed by atoms with Gasteiger partial charge in [0, 0.05) is 13.1 Å². The highest BCUT2D eigenvalue weighted by Crippen LogP contribution is 2.39. The smallest absolute Gasteiger partial charge is 0.319 e. The zero-order valence-corrected chi connectivity index (χ0v) is 17.1. The Bertz CT molecular complexity index is 895. The van der Waals surface area contributed by atoms with Crippen LogP contribution in [-0.4, -0.2) is 54.2 Å². The molecule has 0 unspecified atom stereocenters. The van der Waals surface area contributed by atoms with Crippen LogP contribution in [0.1, 0.15) is 32.6 Å². The first-order chi connectivity index (χ1) is 13.2. The number of sulfonamides is 1. The Balaban J connectivity index is 1.81. The summed E-state index contributed by atoms with van der Waals surface area (Å²) in [6.07, 6.45) is 3.81. The molecule has 0 radical (unpaired) electrons. The second-order valence-corrected chi connectivity index (χ2v) is 9.37. The minimum absolute atomic E-state index is 0.0443. The van der Waals surface area contributed by atoms with Crippen LogP contribution in [0.2, 0.25) is 5.02 Å². The first kappa shape index (κ1) is 20.9. The van der Waals surface area contributed by atoms with Crippen LogP contribution in [0, 0.1) is 0 Å². The number of phenols is 1. The molecule has 3 rings (SSSR count). The van der Waals surface area contributed by atoms with Crippen molar-refractivity contribution in [3.8, 4) is 5.75 Å². The van der Waals surface area contributed by atoms with Crippen molar-refractivity contribution >= 4 is 33.3 Å². The van der Waals surface area contributed by atoms with Gasteiger partial charge in [-0.05, 0) is 44.7 Å². The fourth-order valence-corrected chi connectivity index (χ4v) is 5.52. The number of allylic oxidation sites excluding steroid dienone is 1. The molecule has 2 aliphatic rings. The summed E-state index contributed by atoms with van der Waals surface area (Å²) in [5, 5.41) is 25.3. The summed E-state index contributed by atoms with van der Waals surface area (Å²) in [6.45, 7) is 2.19. The van der Waals surface area contributed by atoms with Gasteiger partial charge < -0.3 is 20.8 Å². The number of nitrogens with zero attached hydrogens (tertiary/aromatic N) is 1. The van der Waals surface area contributed by atoms with Gasteiger partial charge in [-0.15, -0.1) is 0 Å². The summed E-state index contributed by atoms with van der Waals surface area (Å²) in [7, 11) is -4.08. The molecule has 1 heterocycles. The number of rotatable bonds is 4. The van der Waals surface area contributed by atoms with E-state index in [-0.39, 0.29) is 29.8 Å². The number of piperidine rings is 1. The molecule has 4 N–H and O–H groups in total. The first-order valence-corrected chi connectivity index (χ1v) is 11.0. The van der Waals surface area contributed by atoms with Gasteiger partial charge in [0.25, 0.3) is 0 Å². The number of benzene rings is 1. The van der Waals surface area contributed by atoms with Gasteiger partial charge in [0.05, 0.1) is 22.9 Å². The standard InChI is InChI=1S/C18H24ClN3O5S/c1-11-3-2-4-14(11)20-18(25)21-15-6-5-13(19)17(16(15)24)28(26,27)22-9-7-12(23)8-10-22/h3,5-6,12,14,23-24H,2,4,7-10H2,1H3,(H2,20,21,25)/t14-/m1/s1. The maximum absolute atomic E-state index is 13.0. The van der Waals surface area contributed by atoms with Gasteiger partial charge in [-0.1, -0.05) is 23.3 Å². The third-order valence-corrected chi connectivity index (χ3v) is 7.53. The Labute approximate surface area is 169 Å². The molecule has 1 aliphatic heterocycles. The molecule has 1 saturated heterocycles. The summed E-state index contributed by atoms with van der Waals surface area (Å²) in [5.74, 6) is -0.604. The normalized spacial score (nSPS) is 21.4. The Morgan fingerprint density at radius 1 is 1.25 bits per heavy atom. The lowest BCUT2D eigenvalue weighted by Crippen LogP contribution is -2.40. The van der Waals surface area contributed by atoms with E-state index in [2.05, 4.69) is 10.6 Å². The third kappa shape index (κ3) is 4.27. The molecule has 154 valence electrons. The molecule has 2 amide bonds. The lowest BCUT2D eigenvalue weighted by atomic mass is 10.1. The summed E-state index contributed by atoms with van der Waals surface area (Å²) in [4.78, 5) is 11.8. The number of halogens is 1. The molecule has 0 spiro atoms. The van der Waals surface area contributed by atoms with Crippen LogP contribution in [0.3, 0.4) is 0 Å². The number of hydrogen-bond acceptors (Lipinski definition) is 5. The van der Waals surface area contributed by atoms with Crippen molar-refractivity contribution in [3.05, 3.63) is 28.8 Å². The molecule has 8 nitrogen and oxygen atoms in total. The number of urea groups is 1. The number of aliphatic hydroxyl groups excluding tert-OH is 1. The van der Waals surface area contributed by atoms with Crippen molar-refractivity contribution in [1.82, 2.24) is 9.62 Å². The largest absolute Gasteiger partial charge is 0.504 e. The van der Waals surface area contributed by atoms with Crippen molar-refractivity contribution in [2.45, 2.75) is 49.6 Å². The average Bonchev–Trinajstić information content (AvgIpc) is 3.02. The molecule has 0 bridgehead atoms. The molecule has 1 fully saturated rings. The van der Waals surface area contributed by atoms with Crippen molar-refractivity contribution in [2.75, 3.05) is 18.4 Å². The van der Waals surface area contributed by atoms with E-state index in [1.54, 1.807) is 0 Å². The number of nitrogens with one attached hydrogen (secondary N) is 2. The van der Waals surface area contributed by atoms with E-state index in [1.165, 1.54) is 16.4 Å². The van der Waals surface area contributed by atoms with E-state index >= 15 is 0 Å². The van der Waals surface area contributed by atoms with Crippen molar-refractivity contribution in [1.29, 1.82) is 0 Å². The number of amides is 2. The lowest BCUT2D eigenvalue weighted by molar-refractivity contribution is 0.113. The first-order valence-electron chi connectivity index (χ1n) is 9.14. The van der Waals surface area contributed by atoms with Crippen molar-refractivity contribution in [2.24, 2.45) is 0 Å². The van der Waals surface area contributed by atoms with E-state index < -0.39 is 32.8 Å². The van der Waals surface area contributed by atoms with Gasteiger partial charge >= 0.3 is 6.03 Å². The van der Waals surface area contributed by atoms with E-state index in [1.807, 2.05) is 13.0 Å². The van der Waals surface area contributed by atoms with Gasteiger partial charge in [0.1, 0.15) is 4.90 Å². The van der Waals surface area contributed by atoms with Gasteiger partial charge in [0.2, 0.25) is 10.0 Å². The zero-order chi connectivity index (χ0) is 20.5. The summed E-state index contributed by atoms with van der Waals surface area (Å²) >= 11 is 6.08. The van der Waals surface area contributed by atoms with Crippen molar-refractivity contribution < 1.29 is 23.4 Å². The molecular weight excluding hydrogens is 406 g/mol. The van der Waals surface area contributed by atoms with Gasteiger partial charge in [-0.3, -0.25) is 0 Å². The fourth-order valence-electron chi connectivity index (χ4n) is 3.45. The molecule has 1 aromatic carbocycles. The van der Waals surface area contributed by atoms with Crippen LogP contribution in [0.15, 0.2) is 28.7 Å². The highest BCUT2D eigenvalue weighted by molar-refractivity contribution is 7.89. The lowest BCUT2D eigenvalue weighted by Gasteiger charge is -2.29. The number of aromatic hydroxyl groups is 1. The Hall–Kier alpha value is -1.81. The Morgan fingerprint density at radius 2 is 1.93 bits per heavy atom. The summed E-state index contributed by atoms with van der Waals surface area (Å²) in [6, 6.07) is 2.05. The average molecular weight is 430 g/mol. The van der Waals surface area contributed by atoms with E-state index in [9.17, 15) is 23.4 Å². The highest BCUT2D eigenvalue weighted by atomic mass is 35.5. The predicted molar refractivity (Wildman–Crippen MR) is 106 cm³/mol. The number of anilines is 1. The van der Waals surface area contributed by atoms with Crippen LogP contribution in [0.5, 0.6) is 5.75 Å². The number of carbonyl (C=O) groups is 1. The fraction of sp³-hybridized carbons (Fsp3) is 0.500. The molecule has 1 aromatic rings. The third-order valence-electron chi connectivity index (χ3n) is 5.13. The minimum atomic E-state index is -4.08. The predicted octanol–water partition coefficient (Wildman–Crippen LogP) is 2.42. The summed E-state index contributed by atoms with van der Waals surface area (Å²) in [5.41, 5.74) is 1.02. The van der Waals surface area contributed by atoms with E-state index in [4.69, 9.17) is 11.6 Å². The van der Waals surface area contributed by atoms with Gasteiger partial charge in [0.15, 0.2) is 5.75 Å². The molecular formula is C18H24ClN3O5S. The molecule has 28 heavy (non-hydrogen) atoms. The maximum Gasteiger partial charge on any atom is 0.319 e. The molecule has 1 aliphatic carbocycles. The zero-order valence-electron chi connectivity index (χ0n) is 15.5. The topological polar surface area (TPSA) is 119 Å². The maximum atomic E-state index is 13.0. The van der Waals surface area contributed by atoms with Crippen LogP contribution in [0.4, 0.5) is 10.5 Å². The minimum Gasteiger partial charge on any atom is -0.504 e. The number of aliphatic hydroxyl groups is 1. The van der Waals surface area contributed by atoms with Crippen molar-refractivity contribution in [3.63, 3.8) is 0 Å². The molecule has 0 aromatic heterocycles. The Kier molecular flexibility index (Phi) is 6.18. The molecule has 0 saturated carbocycles. The molecule has 1 atom stereocenters. The number of carbonyl (C=O) groups excluding carboxylic acids is 1. The van der Waals surface area contributed by atoms with Crippen LogP contribution in [-0.2, 0) is 10.0 Å². The van der Waals surface area contributed by atoms with Gasteiger partial charge in [-0.2, -0.15) is 4.31 Å². The van der Waals surface area contributed by atoms with E-state index in [0.717, 1.165) is 18.4 Å². The van der Waals surface area contributed by atoms with E-state index in [0.29, 0.717) is 12.8 Å². The van der Waals surface area contributed by atoms with Crippen LogP contribution >= 0.6 is 11.6 Å². The SMILES string of the molecule is CC1=CCC[C@H]1NC(=O)Nc1ccc(Cl)c(S(=O)(=O)N2CCC(O)CC2)c1O. The van der Waals surface area contributed by atoms with Crippen LogP contribution in [0.25, 0.3) is 0 Å². The second kappa shape index (κ2) is 8.28. The molecule has 10 heteroatoms. The number of hydrogen-bond donors (Lipinski definition) is 4. The van der Waals surface area contributed by atoms with Gasteiger partial charge in [-0.25, -0.2) is 13.2 Å². The number of phenolic OH excluding ortho intramolecular Hbond substituents is 1. The Morgan fingerprint density at radius 3 is 2.54 bits per heavy atom. The second-order valence-electron chi connectivity index (χ2n) is 7.08. The quantitative estimate of drug-likeness (QED) is 0.433. The highest BCUT2D eigenvalue weighted by Gasteiger charge is 2.33. The monoisotopic (exact) mass is 429 g/mol. The van der Waals surface area contributed by atoms with Crippen LogP contribution < -0.4 is 10.6 Å².